The Hall–Kier alpha value is -0.570. The summed E-state index contributed by atoms with van der Waals surface area (Å²) >= 11 is 5.86. The Labute approximate surface area is 113 Å². The normalized spacial score (nSPS) is 29.4. The molecule has 2 unspecified atom stereocenters. The highest BCUT2D eigenvalue weighted by Crippen LogP contribution is 2.54. The van der Waals surface area contributed by atoms with Crippen LogP contribution in [-0.2, 0) is 11.3 Å². The zero-order valence-corrected chi connectivity index (χ0v) is 11.2. The van der Waals surface area contributed by atoms with E-state index in [0.717, 1.165) is 29.8 Å². The molecular weight excluding hydrogens is 248 g/mol. The molecule has 2 fully saturated rings. The molecule has 2 aliphatic rings. The van der Waals surface area contributed by atoms with Crippen LogP contribution < -0.4 is 0 Å². The van der Waals surface area contributed by atoms with Crippen LogP contribution in [0.2, 0.25) is 5.02 Å². The molecular formula is C15H19ClO2. The van der Waals surface area contributed by atoms with Gasteiger partial charge in [-0.1, -0.05) is 36.6 Å². The SMILES string of the molecule is OC1CC(OCc2ccc(Cl)cc2)C12CCCC2. The van der Waals surface area contributed by atoms with Gasteiger partial charge in [0.2, 0.25) is 0 Å². The summed E-state index contributed by atoms with van der Waals surface area (Å²) in [4.78, 5) is 0. The van der Waals surface area contributed by atoms with Crippen LogP contribution in [0, 0.1) is 5.41 Å². The molecule has 3 rings (SSSR count). The lowest BCUT2D eigenvalue weighted by atomic mass is 9.62. The van der Waals surface area contributed by atoms with Crippen LogP contribution in [0.25, 0.3) is 0 Å². The first-order valence-electron chi connectivity index (χ1n) is 6.75. The van der Waals surface area contributed by atoms with E-state index in [9.17, 15) is 5.11 Å². The van der Waals surface area contributed by atoms with Gasteiger partial charge in [0.1, 0.15) is 0 Å². The molecule has 18 heavy (non-hydrogen) atoms. The van der Waals surface area contributed by atoms with E-state index < -0.39 is 0 Å². The average Bonchev–Trinajstić information content (AvgIpc) is 2.88. The highest BCUT2D eigenvalue weighted by molar-refractivity contribution is 6.30. The van der Waals surface area contributed by atoms with Crippen molar-refractivity contribution >= 4 is 11.6 Å². The second-order valence-electron chi connectivity index (χ2n) is 5.62. The maximum absolute atomic E-state index is 10.0. The van der Waals surface area contributed by atoms with Crippen LogP contribution >= 0.6 is 11.6 Å². The van der Waals surface area contributed by atoms with Crippen LogP contribution in [0.15, 0.2) is 24.3 Å². The Morgan fingerprint density at radius 2 is 1.89 bits per heavy atom. The van der Waals surface area contributed by atoms with Gasteiger partial charge in [-0.15, -0.1) is 0 Å². The summed E-state index contributed by atoms with van der Waals surface area (Å²) in [5, 5.41) is 10.8. The number of aliphatic hydroxyl groups excluding tert-OH is 1. The van der Waals surface area contributed by atoms with E-state index in [4.69, 9.17) is 16.3 Å². The van der Waals surface area contributed by atoms with Crippen molar-refractivity contribution in [2.45, 2.75) is 50.9 Å². The molecule has 3 heteroatoms. The minimum absolute atomic E-state index is 0.0758. The van der Waals surface area contributed by atoms with E-state index in [1.54, 1.807) is 0 Å². The maximum Gasteiger partial charge on any atom is 0.0721 e. The van der Waals surface area contributed by atoms with E-state index in [-0.39, 0.29) is 17.6 Å². The third-order valence-electron chi connectivity index (χ3n) is 4.64. The number of ether oxygens (including phenoxy) is 1. The minimum Gasteiger partial charge on any atom is -0.392 e. The molecule has 1 aromatic rings. The first-order valence-corrected chi connectivity index (χ1v) is 7.13. The third kappa shape index (κ3) is 2.07. The van der Waals surface area contributed by atoms with Gasteiger partial charge < -0.3 is 9.84 Å². The molecule has 0 saturated heterocycles. The Bertz CT molecular complexity index is 409. The zero-order chi connectivity index (χ0) is 12.6. The molecule has 2 nitrogen and oxygen atoms in total. The van der Waals surface area contributed by atoms with Gasteiger partial charge in [0.15, 0.2) is 0 Å². The van der Waals surface area contributed by atoms with Crippen LogP contribution in [0.1, 0.15) is 37.7 Å². The Morgan fingerprint density at radius 3 is 2.50 bits per heavy atom. The first-order chi connectivity index (χ1) is 8.71. The quantitative estimate of drug-likeness (QED) is 0.907. The van der Waals surface area contributed by atoms with E-state index in [2.05, 4.69) is 0 Å². The van der Waals surface area contributed by atoms with Crippen molar-refractivity contribution in [2.24, 2.45) is 5.41 Å². The van der Waals surface area contributed by atoms with Crippen molar-refractivity contribution in [1.82, 2.24) is 0 Å². The van der Waals surface area contributed by atoms with Crippen molar-refractivity contribution in [2.75, 3.05) is 0 Å². The molecule has 0 bridgehead atoms. The highest BCUT2D eigenvalue weighted by atomic mass is 35.5. The Balaban J connectivity index is 1.59. The number of hydrogen-bond donors (Lipinski definition) is 1. The lowest BCUT2D eigenvalue weighted by molar-refractivity contribution is -0.194. The van der Waals surface area contributed by atoms with E-state index in [1.807, 2.05) is 24.3 Å². The molecule has 0 aromatic heterocycles. The average molecular weight is 267 g/mol. The van der Waals surface area contributed by atoms with Gasteiger partial charge in [-0.05, 0) is 30.5 Å². The minimum atomic E-state index is -0.143. The Kier molecular flexibility index (Phi) is 3.35. The molecule has 98 valence electrons. The van der Waals surface area contributed by atoms with Gasteiger partial charge >= 0.3 is 0 Å². The summed E-state index contributed by atoms with van der Waals surface area (Å²) in [5.41, 5.74) is 1.22. The molecule has 0 radical (unpaired) electrons. The van der Waals surface area contributed by atoms with Crippen molar-refractivity contribution in [3.05, 3.63) is 34.9 Å². The zero-order valence-electron chi connectivity index (χ0n) is 10.4. The molecule has 0 amide bonds. The molecule has 1 N–H and O–H groups in total. The standard InChI is InChI=1S/C15H19ClO2/c16-12-5-3-11(4-6-12)10-18-14-9-13(17)15(14)7-1-2-8-15/h3-6,13-14,17H,1-2,7-10H2. The largest absolute Gasteiger partial charge is 0.392 e. The summed E-state index contributed by atoms with van der Waals surface area (Å²) in [6.07, 6.45) is 5.61. The molecule has 2 saturated carbocycles. The van der Waals surface area contributed by atoms with E-state index in [0.29, 0.717) is 6.61 Å². The van der Waals surface area contributed by atoms with Crippen molar-refractivity contribution in [3.63, 3.8) is 0 Å². The predicted molar refractivity (Wildman–Crippen MR) is 71.6 cm³/mol. The molecule has 2 aliphatic carbocycles. The number of halogens is 1. The molecule has 1 aromatic carbocycles. The molecule has 0 heterocycles. The predicted octanol–water partition coefficient (Wildman–Crippen LogP) is 3.55. The fourth-order valence-electron chi connectivity index (χ4n) is 3.43. The van der Waals surface area contributed by atoms with Crippen molar-refractivity contribution < 1.29 is 9.84 Å². The Morgan fingerprint density at radius 1 is 1.22 bits per heavy atom. The maximum atomic E-state index is 10.0. The number of hydrogen-bond acceptors (Lipinski definition) is 2. The van der Waals surface area contributed by atoms with Crippen molar-refractivity contribution in [1.29, 1.82) is 0 Å². The number of rotatable bonds is 3. The lowest BCUT2D eigenvalue weighted by Gasteiger charge is -2.51. The molecule has 0 aliphatic heterocycles. The van der Waals surface area contributed by atoms with Crippen LogP contribution in [0.3, 0.4) is 0 Å². The lowest BCUT2D eigenvalue weighted by Crippen LogP contribution is -2.56. The van der Waals surface area contributed by atoms with Gasteiger partial charge in [-0.25, -0.2) is 0 Å². The van der Waals surface area contributed by atoms with Crippen LogP contribution in [0.5, 0.6) is 0 Å². The molecule has 2 atom stereocenters. The van der Waals surface area contributed by atoms with Gasteiger partial charge in [0.05, 0.1) is 18.8 Å². The van der Waals surface area contributed by atoms with E-state index in [1.165, 1.54) is 12.8 Å². The van der Waals surface area contributed by atoms with Crippen molar-refractivity contribution in [3.8, 4) is 0 Å². The van der Waals surface area contributed by atoms with Crippen LogP contribution in [0.4, 0.5) is 0 Å². The monoisotopic (exact) mass is 266 g/mol. The van der Waals surface area contributed by atoms with Crippen LogP contribution in [-0.4, -0.2) is 17.3 Å². The smallest absolute Gasteiger partial charge is 0.0721 e. The second kappa shape index (κ2) is 4.84. The second-order valence-corrected chi connectivity index (χ2v) is 6.05. The van der Waals surface area contributed by atoms with Gasteiger partial charge in [-0.3, -0.25) is 0 Å². The summed E-state index contributed by atoms with van der Waals surface area (Å²) in [5.74, 6) is 0. The summed E-state index contributed by atoms with van der Waals surface area (Å²) < 4.78 is 6.01. The van der Waals surface area contributed by atoms with E-state index >= 15 is 0 Å². The fraction of sp³-hybridized carbons (Fsp3) is 0.600. The van der Waals surface area contributed by atoms with Gasteiger partial charge in [-0.2, -0.15) is 0 Å². The summed E-state index contributed by atoms with van der Waals surface area (Å²) in [7, 11) is 0. The number of aliphatic hydroxyl groups is 1. The van der Waals surface area contributed by atoms with Gasteiger partial charge in [0, 0.05) is 16.9 Å². The number of benzene rings is 1. The summed E-state index contributed by atoms with van der Waals surface area (Å²) in [6, 6.07) is 7.78. The van der Waals surface area contributed by atoms with Gasteiger partial charge in [0.25, 0.3) is 0 Å². The first kappa shape index (κ1) is 12.5. The highest BCUT2D eigenvalue weighted by Gasteiger charge is 2.56. The topological polar surface area (TPSA) is 29.5 Å². The molecule has 1 spiro atoms. The fourth-order valence-corrected chi connectivity index (χ4v) is 3.55. The third-order valence-corrected chi connectivity index (χ3v) is 4.89. The summed E-state index contributed by atoms with van der Waals surface area (Å²) in [6.45, 7) is 0.621.